The van der Waals surface area contributed by atoms with Crippen LogP contribution in [0.2, 0.25) is 0 Å². The summed E-state index contributed by atoms with van der Waals surface area (Å²) in [6.45, 7) is 5.49. The van der Waals surface area contributed by atoms with Gasteiger partial charge in [0.05, 0.1) is 18.2 Å². The van der Waals surface area contributed by atoms with E-state index in [1.165, 1.54) is 5.39 Å². The van der Waals surface area contributed by atoms with Gasteiger partial charge in [0.25, 0.3) is 5.91 Å². The van der Waals surface area contributed by atoms with Crippen LogP contribution in [0.3, 0.4) is 0 Å². The smallest absolute Gasteiger partial charge is 0.255 e. The van der Waals surface area contributed by atoms with E-state index < -0.39 is 0 Å². The maximum atomic E-state index is 12.8. The summed E-state index contributed by atoms with van der Waals surface area (Å²) < 4.78 is 11.0. The van der Waals surface area contributed by atoms with E-state index in [9.17, 15) is 4.79 Å². The van der Waals surface area contributed by atoms with Crippen molar-refractivity contribution in [2.45, 2.75) is 19.9 Å². The van der Waals surface area contributed by atoms with Gasteiger partial charge in [0, 0.05) is 6.61 Å². The molecule has 3 aromatic carbocycles. The molecule has 0 aliphatic carbocycles. The average Bonchev–Trinajstić information content (AvgIpc) is 2.71. The number of rotatable bonds is 8. The minimum absolute atomic E-state index is 0.112. The molecule has 0 aliphatic rings. The van der Waals surface area contributed by atoms with Crippen molar-refractivity contribution in [2.75, 3.05) is 19.8 Å². The van der Waals surface area contributed by atoms with Crippen LogP contribution in [0.25, 0.3) is 10.8 Å². The minimum atomic E-state index is -0.150. The Labute approximate surface area is 160 Å². The first-order chi connectivity index (χ1) is 13.2. The van der Waals surface area contributed by atoms with Gasteiger partial charge in [0.2, 0.25) is 0 Å². The Morgan fingerprint density at radius 2 is 1.70 bits per heavy atom. The zero-order valence-corrected chi connectivity index (χ0v) is 15.8. The second-order valence-corrected chi connectivity index (χ2v) is 6.34. The molecule has 0 saturated heterocycles. The molecule has 0 heterocycles. The van der Waals surface area contributed by atoms with E-state index in [0.29, 0.717) is 31.1 Å². The van der Waals surface area contributed by atoms with Gasteiger partial charge in [-0.2, -0.15) is 0 Å². The zero-order chi connectivity index (χ0) is 19.1. The van der Waals surface area contributed by atoms with Crippen molar-refractivity contribution in [1.82, 2.24) is 5.32 Å². The summed E-state index contributed by atoms with van der Waals surface area (Å²) in [5, 5.41) is 5.42. The van der Waals surface area contributed by atoms with Crippen LogP contribution < -0.4 is 10.1 Å². The number of hydrogen-bond donors (Lipinski definition) is 1. The molecule has 0 aliphatic heterocycles. The van der Waals surface area contributed by atoms with Gasteiger partial charge < -0.3 is 14.8 Å². The van der Waals surface area contributed by atoms with Gasteiger partial charge >= 0.3 is 0 Å². The molecule has 3 aromatic rings. The van der Waals surface area contributed by atoms with Crippen LogP contribution >= 0.6 is 0 Å². The van der Waals surface area contributed by atoms with Crippen molar-refractivity contribution in [2.24, 2.45) is 0 Å². The average molecular weight is 363 g/mol. The van der Waals surface area contributed by atoms with Crippen molar-refractivity contribution < 1.29 is 14.3 Å². The van der Waals surface area contributed by atoms with E-state index in [4.69, 9.17) is 9.47 Å². The second-order valence-electron chi connectivity index (χ2n) is 6.34. The fraction of sp³-hybridized carbons (Fsp3) is 0.261. The molecule has 4 heteroatoms. The Bertz CT molecular complexity index is 907. The maximum Gasteiger partial charge on any atom is 0.255 e. The SMILES string of the molecule is CCOCCOc1ccccc1C(=O)NC(C)c1ccc2ccccc2c1. The summed E-state index contributed by atoms with van der Waals surface area (Å²) >= 11 is 0. The van der Waals surface area contributed by atoms with Crippen molar-refractivity contribution in [3.05, 3.63) is 77.9 Å². The van der Waals surface area contributed by atoms with Crippen molar-refractivity contribution in [3.8, 4) is 5.75 Å². The highest BCUT2D eigenvalue weighted by Gasteiger charge is 2.15. The molecule has 0 aromatic heterocycles. The summed E-state index contributed by atoms with van der Waals surface area (Å²) in [6.07, 6.45) is 0. The van der Waals surface area contributed by atoms with Gasteiger partial charge in [0.1, 0.15) is 12.4 Å². The van der Waals surface area contributed by atoms with Crippen molar-refractivity contribution in [3.63, 3.8) is 0 Å². The molecule has 1 unspecified atom stereocenters. The summed E-state index contributed by atoms with van der Waals surface area (Å²) in [7, 11) is 0. The van der Waals surface area contributed by atoms with Crippen molar-refractivity contribution in [1.29, 1.82) is 0 Å². The molecule has 4 nitrogen and oxygen atoms in total. The van der Waals surface area contributed by atoms with Gasteiger partial charge in [-0.3, -0.25) is 4.79 Å². The third kappa shape index (κ3) is 4.86. The van der Waals surface area contributed by atoms with Crippen LogP contribution in [0.4, 0.5) is 0 Å². The largest absolute Gasteiger partial charge is 0.490 e. The van der Waals surface area contributed by atoms with Crippen molar-refractivity contribution >= 4 is 16.7 Å². The minimum Gasteiger partial charge on any atom is -0.490 e. The number of ether oxygens (including phenoxy) is 2. The normalized spacial score (nSPS) is 11.9. The highest BCUT2D eigenvalue weighted by molar-refractivity contribution is 5.97. The number of hydrogen-bond acceptors (Lipinski definition) is 3. The first kappa shape index (κ1) is 18.9. The van der Waals surface area contributed by atoms with Crippen LogP contribution in [-0.2, 0) is 4.74 Å². The Hall–Kier alpha value is -2.85. The number of amides is 1. The lowest BCUT2D eigenvalue weighted by Gasteiger charge is -2.17. The second kappa shape index (κ2) is 9.19. The van der Waals surface area contributed by atoms with E-state index in [0.717, 1.165) is 10.9 Å². The predicted octanol–water partition coefficient (Wildman–Crippen LogP) is 4.75. The molecule has 1 N–H and O–H groups in total. The van der Waals surface area contributed by atoms with Gasteiger partial charge in [-0.25, -0.2) is 0 Å². The van der Waals surface area contributed by atoms with E-state index in [2.05, 4.69) is 35.6 Å². The number of nitrogens with one attached hydrogen (secondary N) is 1. The molecular formula is C23H25NO3. The Kier molecular flexibility index (Phi) is 6.44. The summed E-state index contributed by atoms with van der Waals surface area (Å²) in [5.41, 5.74) is 1.60. The Morgan fingerprint density at radius 1 is 0.963 bits per heavy atom. The fourth-order valence-corrected chi connectivity index (χ4v) is 2.97. The number of fused-ring (bicyclic) bond motifs is 1. The van der Waals surface area contributed by atoms with Crippen LogP contribution in [0.15, 0.2) is 66.7 Å². The molecule has 0 fully saturated rings. The molecule has 0 saturated carbocycles. The lowest BCUT2D eigenvalue weighted by molar-refractivity contribution is 0.0923. The highest BCUT2D eigenvalue weighted by Crippen LogP contribution is 2.22. The molecule has 1 atom stereocenters. The van der Waals surface area contributed by atoms with E-state index in [-0.39, 0.29) is 11.9 Å². The lowest BCUT2D eigenvalue weighted by Crippen LogP contribution is -2.27. The van der Waals surface area contributed by atoms with E-state index in [1.807, 2.05) is 44.2 Å². The van der Waals surface area contributed by atoms with Crippen LogP contribution in [0.5, 0.6) is 5.75 Å². The molecule has 3 rings (SSSR count). The molecular weight excluding hydrogens is 338 g/mol. The molecule has 0 spiro atoms. The standard InChI is InChI=1S/C23H25NO3/c1-3-26-14-15-27-22-11-7-6-10-21(22)23(25)24-17(2)19-13-12-18-8-4-5-9-20(18)16-19/h4-13,16-17H,3,14-15H2,1-2H3,(H,24,25). The third-order valence-corrected chi connectivity index (χ3v) is 4.44. The number of benzene rings is 3. The van der Waals surface area contributed by atoms with E-state index >= 15 is 0 Å². The van der Waals surface area contributed by atoms with Crippen LogP contribution in [-0.4, -0.2) is 25.7 Å². The number of para-hydroxylation sites is 1. The molecule has 27 heavy (non-hydrogen) atoms. The number of carbonyl (C=O) groups is 1. The molecule has 0 radical (unpaired) electrons. The van der Waals surface area contributed by atoms with Gasteiger partial charge in [-0.15, -0.1) is 0 Å². The lowest BCUT2D eigenvalue weighted by atomic mass is 10.0. The van der Waals surface area contributed by atoms with Gasteiger partial charge in [-0.1, -0.05) is 48.5 Å². The van der Waals surface area contributed by atoms with E-state index in [1.54, 1.807) is 6.07 Å². The first-order valence-electron chi connectivity index (χ1n) is 9.28. The monoisotopic (exact) mass is 363 g/mol. The highest BCUT2D eigenvalue weighted by atomic mass is 16.5. The summed E-state index contributed by atoms with van der Waals surface area (Å²) in [4.78, 5) is 12.8. The van der Waals surface area contributed by atoms with Gasteiger partial charge in [-0.05, 0) is 48.4 Å². The van der Waals surface area contributed by atoms with Gasteiger partial charge in [0.15, 0.2) is 0 Å². The molecule has 0 bridgehead atoms. The first-order valence-corrected chi connectivity index (χ1v) is 9.28. The maximum absolute atomic E-state index is 12.8. The van der Waals surface area contributed by atoms with Crippen LogP contribution in [0, 0.1) is 0 Å². The predicted molar refractivity (Wildman–Crippen MR) is 108 cm³/mol. The molecule has 1 amide bonds. The molecule has 140 valence electrons. The van der Waals surface area contributed by atoms with Crippen LogP contribution in [0.1, 0.15) is 35.8 Å². The topological polar surface area (TPSA) is 47.6 Å². The number of carbonyl (C=O) groups excluding carboxylic acids is 1. The fourth-order valence-electron chi connectivity index (χ4n) is 2.97. The summed E-state index contributed by atoms with van der Waals surface area (Å²) in [6, 6.07) is 21.6. The zero-order valence-electron chi connectivity index (χ0n) is 15.8. The Morgan fingerprint density at radius 3 is 2.52 bits per heavy atom. The third-order valence-electron chi connectivity index (χ3n) is 4.44. The summed E-state index contributed by atoms with van der Waals surface area (Å²) in [5.74, 6) is 0.420. The quantitative estimate of drug-likeness (QED) is 0.588. The Balaban J connectivity index is 1.70.